The summed E-state index contributed by atoms with van der Waals surface area (Å²) in [5, 5.41) is 2.89. The lowest BCUT2D eigenvalue weighted by Crippen LogP contribution is -2.21. The number of hydrogen-bond acceptors (Lipinski definition) is 1. The monoisotopic (exact) mass is 263 g/mol. The van der Waals surface area contributed by atoms with Crippen molar-refractivity contribution in [2.24, 2.45) is 5.92 Å². The van der Waals surface area contributed by atoms with E-state index in [1.165, 1.54) is 0 Å². The molecule has 0 aromatic heterocycles. The van der Waals surface area contributed by atoms with Gasteiger partial charge < -0.3 is 5.32 Å². The number of anilines is 1. The molecule has 2 heteroatoms. The van der Waals surface area contributed by atoms with E-state index >= 15 is 0 Å². The van der Waals surface area contributed by atoms with Crippen molar-refractivity contribution >= 4 is 11.6 Å². The molecular formula is C18H17NO. The lowest BCUT2D eigenvalue weighted by atomic mass is 10.1. The molecule has 1 amide bonds. The SMILES string of the molecule is CCC(C#Cc1ccccc1)C(=O)Nc1ccccc1. The first kappa shape index (κ1) is 13.9. The molecule has 0 saturated heterocycles. The molecule has 0 fully saturated rings. The van der Waals surface area contributed by atoms with E-state index in [9.17, 15) is 4.79 Å². The minimum absolute atomic E-state index is 0.0536. The molecule has 0 spiro atoms. The van der Waals surface area contributed by atoms with Crippen LogP contribution in [0.25, 0.3) is 0 Å². The lowest BCUT2D eigenvalue weighted by molar-refractivity contribution is -0.118. The maximum atomic E-state index is 12.2. The Balaban J connectivity index is 2.05. The van der Waals surface area contributed by atoms with Gasteiger partial charge in [-0.05, 0) is 30.7 Å². The average Bonchev–Trinajstić information content (AvgIpc) is 2.50. The summed E-state index contributed by atoms with van der Waals surface area (Å²) in [7, 11) is 0. The van der Waals surface area contributed by atoms with E-state index in [2.05, 4.69) is 17.2 Å². The lowest BCUT2D eigenvalue weighted by Gasteiger charge is -2.09. The third-order valence-corrected chi connectivity index (χ3v) is 2.93. The van der Waals surface area contributed by atoms with Gasteiger partial charge in [-0.15, -0.1) is 0 Å². The predicted molar refractivity (Wildman–Crippen MR) is 82.2 cm³/mol. The second kappa shape index (κ2) is 7.16. The number of para-hydroxylation sites is 1. The highest BCUT2D eigenvalue weighted by molar-refractivity contribution is 5.94. The van der Waals surface area contributed by atoms with Crippen molar-refractivity contribution in [3.05, 3.63) is 66.2 Å². The van der Waals surface area contributed by atoms with Crippen LogP contribution >= 0.6 is 0 Å². The predicted octanol–water partition coefficient (Wildman–Crippen LogP) is 3.70. The fourth-order valence-corrected chi connectivity index (χ4v) is 1.80. The maximum Gasteiger partial charge on any atom is 0.239 e. The van der Waals surface area contributed by atoms with Gasteiger partial charge in [-0.1, -0.05) is 55.2 Å². The molecule has 100 valence electrons. The molecule has 0 aliphatic heterocycles. The van der Waals surface area contributed by atoms with E-state index in [1.54, 1.807) is 0 Å². The van der Waals surface area contributed by atoms with Crippen molar-refractivity contribution in [3.63, 3.8) is 0 Å². The highest BCUT2D eigenvalue weighted by Gasteiger charge is 2.13. The fourth-order valence-electron chi connectivity index (χ4n) is 1.80. The van der Waals surface area contributed by atoms with Gasteiger partial charge in [0, 0.05) is 11.3 Å². The van der Waals surface area contributed by atoms with E-state index < -0.39 is 0 Å². The molecule has 1 unspecified atom stereocenters. The molecule has 0 bridgehead atoms. The number of benzene rings is 2. The molecular weight excluding hydrogens is 246 g/mol. The summed E-state index contributed by atoms with van der Waals surface area (Å²) in [4.78, 5) is 12.2. The third-order valence-electron chi connectivity index (χ3n) is 2.93. The van der Waals surface area contributed by atoms with E-state index in [-0.39, 0.29) is 11.8 Å². The Labute approximate surface area is 119 Å². The topological polar surface area (TPSA) is 29.1 Å². The zero-order valence-electron chi connectivity index (χ0n) is 11.5. The third kappa shape index (κ3) is 4.00. The molecule has 2 nitrogen and oxygen atoms in total. The number of carbonyl (C=O) groups excluding carboxylic acids is 1. The number of carbonyl (C=O) groups is 1. The number of amides is 1. The first-order valence-electron chi connectivity index (χ1n) is 6.72. The zero-order chi connectivity index (χ0) is 14.2. The summed E-state index contributed by atoms with van der Waals surface area (Å²) in [6.07, 6.45) is 0.693. The van der Waals surface area contributed by atoms with Crippen molar-refractivity contribution in [2.45, 2.75) is 13.3 Å². The molecule has 0 saturated carbocycles. The van der Waals surface area contributed by atoms with Crippen LogP contribution in [0.4, 0.5) is 5.69 Å². The summed E-state index contributed by atoms with van der Waals surface area (Å²) >= 11 is 0. The first-order valence-corrected chi connectivity index (χ1v) is 6.72. The minimum Gasteiger partial charge on any atom is -0.325 e. The van der Waals surface area contributed by atoms with Crippen molar-refractivity contribution in [3.8, 4) is 11.8 Å². The van der Waals surface area contributed by atoms with Gasteiger partial charge in [0.25, 0.3) is 0 Å². The molecule has 0 heterocycles. The Kier molecular flexibility index (Phi) is 4.97. The van der Waals surface area contributed by atoms with Gasteiger partial charge in [0.15, 0.2) is 0 Å². The molecule has 20 heavy (non-hydrogen) atoms. The molecule has 0 aliphatic rings. The quantitative estimate of drug-likeness (QED) is 0.840. The molecule has 2 aromatic carbocycles. The summed E-state index contributed by atoms with van der Waals surface area (Å²) in [5.74, 6) is 5.75. The Bertz CT molecular complexity index is 608. The van der Waals surface area contributed by atoms with Crippen molar-refractivity contribution in [1.29, 1.82) is 0 Å². The van der Waals surface area contributed by atoms with Gasteiger partial charge in [0.2, 0.25) is 5.91 Å². The van der Waals surface area contributed by atoms with Crippen molar-refractivity contribution in [2.75, 3.05) is 5.32 Å². The van der Waals surface area contributed by atoms with Crippen LogP contribution in [-0.4, -0.2) is 5.91 Å². The van der Waals surface area contributed by atoms with Crippen LogP contribution in [0.2, 0.25) is 0 Å². The van der Waals surface area contributed by atoms with E-state index in [1.807, 2.05) is 67.6 Å². The van der Waals surface area contributed by atoms with Gasteiger partial charge in [-0.3, -0.25) is 4.79 Å². The molecule has 2 rings (SSSR count). The standard InChI is InChI=1S/C18H17NO/c1-2-16(14-13-15-9-5-3-6-10-15)18(20)19-17-11-7-4-8-12-17/h3-12,16H,2H2,1H3,(H,19,20). The summed E-state index contributed by atoms with van der Waals surface area (Å²) in [6.45, 7) is 1.97. The number of rotatable bonds is 3. The molecule has 0 aliphatic carbocycles. The largest absolute Gasteiger partial charge is 0.325 e. The smallest absolute Gasteiger partial charge is 0.239 e. The van der Waals surface area contributed by atoms with Crippen LogP contribution in [0.5, 0.6) is 0 Å². The van der Waals surface area contributed by atoms with Gasteiger partial charge >= 0.3 is 0 Å². The highest BCUT2D eigenvalue weighted by Crippen LogP contribution is 2.10. The number of hydrogen-bond donors (Lipinski definition) is 1. The van der Waals surface area contributed by atoms with Crippen LogP contribution in [0.1, 0.15) is 18.9 Å². The van der Waals surface area contributed by atoms with E-state index in [0.29, 0.717) is 6.42 Å². The van der Waals surface area contributed by atoms with Crippen LogP contribution < -0.4 is 5.32 Å². The fraction of sp³-hybridized carbons (Fsp3) is 0.167. The van der Waals surface area contributed by atoms with Crippen LogP contribution in [0.3, 0.4) is 0 Å². The van der Waals surface area contributed by atoms with Crippen LogP contribution in [0, 0.1) is 17.8 Å². The summed E-state index contributed by atoms with van der Waals surface area (Å²) < 4.78 is 0. The van der Waals surface area contributed by atoms with Crippen molar-refractivity contribution < 1.29 is 4.79 Å². The van der Waals surface area contributed by atoms with E-state index in [4.69, 9.17) is 0 Å². The molecule has 2 aromatic rings. The summed E-state index contributed by atoms with van der Waals surface area (Å²) in [5.41, 5.74) is 1.73. The molecule has 0 radical (unpaired) electrons. The summed E-state index contributed by atoms with van der Waals surface area (Å²) in [6, 6.07) is 19.2. The van der Waals surface area contributed by atoms with Gasteiger partial charge in [-0.25, -0.2) is 0 Å². The first-order chi connectivity index (χ1) is 9.79. The van der Waals surface area contributed by atoms with Crippen LogP contribution in [-0.2, 0) is 4.79 Å². The van der Waals surface area contributed by atoms with Crippen LogP contribution in [0.15, 0.2) is 60.7 Å². The minimum atomic E-state index is -0.296. The van der Waals surface area contributed by atoms with Gasteiger partial charge in [-0.2, -0.15) is 0 Å². The van der Waals surface area contributed by atoms with Gasteiger partial charge in [0.05, 0.1) is 5.92 Å². The Morgan fingerprint density at radius 2 is 1.65 bits per heavy atom. The van der Waals surface area contributed by atoms with E-state index in [0.717, 1.165) is 11.3 Å². The highest BCUT2D eigenvalue weighted by atomic mass is 16.1. The molecule has 1 atom stereocenters. The zero-order valence-corrected chi connectivity index (χ0v) is 11.5. The Morgan fingerprint density at radius 3 is 2.25 bits per heavy atom. The normalized spacial score (nSPS) is 11.1. The second-order valence-corrected chi connectivity index (χ2v) is 4.45. The maximum absolute atomic E-state index is 12.2. The van der Waals surface area contributed by atoms with Gasteiger partial charge in [0.1, 0.15) is 0 Å². The Hall–Kier alpha value is -2.53. The average molecular weight is 263 g/mol. The number of nitrogens with one attached hydrogen (secondary N) is 1. The Morgan fingerprint density at radius 1 is 1.05 bits per heavy atom. The second-order valence-electron chi connectivity index (χ2n) is 4.45. The molecule has 1 N–H and O–H groups in total. The van der Waals surface area contributed by atoms with Crippen molar-refractivity contribution in [1.82, 2.24) is 0 Å².